The molecule has 6 heteroatoms. The number of phenols is 2. The summed E-state index contributed by atoms with van der Waals surface area (Å²) in [4.78, 5) is 0. The summed E-state index contributed by atoms with van der Waals surface area (Å²) in [5, 5.41) is 20.8. The minimum Gasteiger partial charge on any atom is -0.504 e. The lowest BCUT2D eigenvalue weighted by Gasteiger charge is -2.51. The molecule has 0 bridgehead atoms. The Labute approximate surface area is 177 Å². The molecule has 0 aliphatic carbocycles. The molecule has 6 nitrogen and oxygen atoms in total. The first-order valence-corrected chi connectivity index (χ1v) is 10.1. The Kier molecular flexibility index (Phi) is 4.35. The van der Waals surface area contributed by atoms with Crippen LogP contribution in [0.5, 0.6) is 34.5 Å². The average Bonchev–Trinajstić information content (AvgIpc) is 2.63. The molecule has 0 amide bonds. The molecule has 30 heavy (non-hydrogen) atoms. The van der Waals surface area contributed by atoms with E-state index in [-0.39, 0.29) is 22.3 Å². The van der Waals surface area contributed by atoms with E-state index in [0.717, 1.165) is 16.7 Å². The Hall–Kier alpha value is -2.76. The number of hydrogen-bond acceptors (Lipinski definition) is 6. The Balaban J connectivity index is 1.87. The first-order chi connectivity index (χ1) is 13.9. The topological polar surface area (TPSA) is 77.4 Å². The van der Waals surface area contributed by atoms with Crippen LogP contribution in [0.25, 0.3) is 0 Å². The quantitative estimate of drug-likeness (QED) is 0.725. The molecule has 0 radical (unpaired) electrons. The van der Waals surface area contributed by atoms with Crippen molar-refractivity contribution in [3.05, 3.63) is 34.9 Å². The van der Waals surface area contributed by atoms with Crippen molar-refractivity contribution in [2.24, 2.45) is 0 Å². The predicted molar refractivity (Wildman–Crippen MR) is 113 cm³/mol. The van der Waals surface area contributed by atoms with Gasteiger partial charge in [0.15, 0.2) is 23.0 Å². The van der Waals surface area contributed by atoms with Crippen LogP contribution in [0, 0.1) is 6.92 Å². The third kappa shape index (κ3) is 2.92. The van der Waals surface area contributed by atoms with Gasteiger partial charge >= 0.3 is 0 Å². The zero-order valence-electron chi connectivity index (χ0n) is 18.7. The van der Waals surface area contributed by atoms with Gasteiger partial charge in [-0.1, -0.05) is 27.7 Å². The second kappa shape index (κ2) is 6.37. The largest absolute Gasteiger partial charge is 0.504 e. The third-order valence-electron chi connectivity index (χ3n) is 6.39. The van der Waals surface area contributed by atoms with Gasteiger partial charge in [-0.2, -0.15) is 0 Å². The minimum absolute atomic E-state index is 0.0925. The van der Waals surface area contributed by atoms with E-state index >= 15 is 0 Å². The smallest absolute Gasteiger partial charge is 0.252 e. The van der Waals surface area contributed by atoms with Crippen LogP contribution in [0.15, 0.2) is 18.2 Å². The summed E-state index contributed by atoms with van der Waals surface area (Å²) in [6.45, 7) is 10.4. The molecular formula is C24H30O6. The zero-order valence-corrected chi connectivity index (χ0v) is 18.7. The van der Waals surface area contributed by atoms with Crippen molar-refractivity contribution in [2.75, 3.05) is 14.2 Å². The summed E-state index contributed by atoms with van der Waals surface area (Å²) in [7, 11) is 3.04. The van der Waals surface area contributed by atoms with Gasteiger partial charge in [-0.25, -0.2) is 0 Å². The number of methoxy groups -OCH3 is 2. The lowest BCUT2D eigenvalue weighted by molar-refractivity contribution is -0.166. The van der Waals surface area contributed by atoms with Gasteiger partial charge in [-0.3, -0.25) is 0 Å². The molecule has 2 aromatic carbocycles. The Bertz CT molecular complexity index is 1020. The number of ether oxygens (including phenoxy) is 4. The summed E-state index contributed by atoms with van der Waals surface area (Å²) >= 11 is 0. The van der Waals surface area contributed by atoms with Crippen LogP contribution < -0.4 is 18.9 Å². The zero-order chi connectivity index (χ0) is 22.1. The van der Waals surface area contributed by atoms with Crippen molar-refractivity contribution in [3.8, 4) is 34.5 Å². The van der Waals surface area contributed by atoms with E-state index in [1.807, 2.05) is 6.92 Å². The van der Waals surface area contributed by atoms with Gasteiger partial charge in [0.2, 0.25) is 0 Å². The lowest BCUT2D eigenvalue weighted by Crippen LogP contribution is -2.55. The first kappa shape index (κ1) is 20.5. The highest BCUT2D eigenvalue weighted by atomic mass is 16.7. The van der Waals surface area contributed by atoms with Gasteiger partial charge in [-0.05, 0) is 13.0 Å². The summed E-state index contributed by atoms with van der Waals surface area (Å²) < 4.78 is 23.7. The molecule has 0 saturated carbocycles. The van der Waals surface area contributed by atoms with Crippen molar-refractivity contribution in [1.29, 1.82) is 0 Å². The van der Waals surface area contributed by atoms with Crippen LogP contribution in [0.4, 0.5) is 0 Å². The van der Waals surface area contributed by atoms with E-state index in [1.54, 1.807) is 18.2 Å². The van der Waals surface area contributed by atoms with Gasteiger partial charge in [0, 0.05) is 52.5 Å². The second-order valence-corrected chi connectivity index (χ2v) is 9.68. The van der Waals surface area contributed by atoms with E-state index in [9.17, 15) is 10.2 Å². The predicted octanol–water partition coefficient (Wildman–Crippen LogP) is 4.94. The number of aromatic hydroxyl groups is 2. The van der Waals surface area contributed by atoms with Crippen molar-refractivity contribution in [3.63, 3.8) is 0 Å². The van der Waals surface area contributed by atoms with Crippen LogP contribution in [0.3, 0.4) is 0 Å². The molecule has 1 atom stereocenters. The molecule has 2 N–H and O–H groups in total. The van der Waals surface area contributed by atoms with E-state index in [2.05, 4.69) is 27.7 Å². The Morgan fingerprint density at radius 3 is 2.03 bits per heavy atom. The molecule has 0 aromatic heterocycles. The van der Waals surface area contributed by atoms with Crippen molar-refractivity contribution < 1.29 is 29.2 Å². The van der Waals surface area contributed by atoms with E-state index in [0.29, 0.717) is 35.8 Å². The van der Waals surface area contributed by atoms with Crippen LogP contribution >= 0.6 is 0 Å². The molecule has 0 saturated heterocycles. The van der Waals surface area contributed by atoms with Crippen LogP contribution in [-0.4, -0.2) is 30.2 Å². The second-order valence-electron chi connectivity index (χ2n) is 9.68. The monoisotopic (exact) mass is 414 g/mol. The molecule has 4 rings (SSSR count). The molecule has 2 aliphatic heterocycles. The Morgan fingerprint density at radius 1 is 0.833 bits per heavy atom. The molecule has 2 heterocycles. The van der Waals surface area contributed by atoms with Gasteiger partial charge in [0.05, 0.1) is 14.2 Å². The molecule has 0 fully saturated rings. The van der Waals surface area contributed by atoms with E-state index in [4.69, 9.17) is 18.9 Å². The Morgan fingerprint density at radius 2 is 1.40 bits per heavy atom. The molecule has 2 aliphatic rings. The summed E-state index contributed by atoms with van der Waals surface area (Å²) in [6.07, 6.45) is 1.20. The molecule has 1 spiro atoms. The number of rotatable bonds is 2. The number of hydrogen-bond donors (Lipinski definition) is 2. The number of phenolic OH excluding ortho intramolecular Hbond substituents is 2. The maximum absolute atomic E-state index is 10.5. The van der Waals surface area contributed by atoms with Crippen molar-refractivity contribution >= 4 is 0 Å². The molecule has 2 aromatic rings. The minimum atomic E-state index is -0.899. The van der Waals surface area contributed by atoms with Gasteiger partial charge < -0.3 is 29.2 Å². The third-order valence-corrected chi connectivity index (χ3v) is 6.39. The first-order valence-electron chi connectivity index (χ1n) is 10.1. The SMILES string of the molecule is COc1cc2c(cc1O)C(C)(C)CC1(CC(C)(C)c3c(cc(OC)c(O)c3C)O1)O2. The van der Waals surface area contributed by atoms with Crippen molar-refractivity contribution in [2.45, 2.75) is 64.1 Å². The number of fused-ring (bicyclic) bond motifs is 2. The highest BCUT2D eigenvalue weighted by Crippen LogP contribution is 2.57. The summed E-state index contributed by atoms with van der Waals surface area (Å²) in [5.74, 6) is 1.37. The normalized spacial score (nSPS) is 23.0. The highest BCUT2D eigenvalue weighted by molar-refractivity contribution is 5.60. The summed E-state index contributed by atoms with van der Waals surface area (Å²) in [5.41, 5.74) is 2.02. The van der Waals surface area contributed by atoms with E-state index in [1.165, 1.54) is 14.2 Å². The van der Waals surface area contributed by atoms with Gasteiger partial charge in [0.25, 0.3) is 5.79 Å². The molecular weight excluding hydrogens is 384 g/mol. The highest BCUT2D eigenvalue weighted by Gasteiger charge is 2.54. The fourth-order valence-electron chi connectivity index (χ4n) is 5.31. The van der Waals surface area contributed by atoms with Crippen LogP contribution in [0.2, 0.25) is 0 Å². The maximum Gasteiger partial charge on any atom is 0.252 e. The van der Waals surface area contributed by atoms with E-state index < -0.39 is 5.79 Å². The standard InChI is InChI=1S/C24H30O6/c1-13-20-18(10-19(28-7)21(13)26)30-24(12-23(20,4)5)11-22(2,3)14-8-15(25)17(27-6)9-16(14)29-24/h8-10,25-26H,11-12H2,1-7H3. The fourth-order valence-corrected chi connectivity index (χ4v) is 5.31. The fraction of sp³-hybridized carbons (Fsp3) is 0.500. The van der Waals surface area contributed by atoms with Gasteiger partial charge in [0.1, 0.15) is 11.5 Å². The van der Waals surface area contributed by atoms with Crippen LogP contribution in [0.1, 0.15) is 57.2 Å². The van der Waals surface area contributed by atoms with Crippen LogP contribution in [-0.2, 0) is 10.8 Å². The summed E-state index contributed by atoms with van der Waals surface area (Å²) in [6, 6.07) is 5.18. The molecule has 1 unspecified atom stereocenters. The average molecular weight is 414 g/mol. The lowest BCUT2D eigenvalue weighted by atomic mass is 9.68. The van der Waals surface area contributed by atoms with Gasteiger partial charge in [-0.15, -0.1) is 0 Å². The van der Waals surface area contributed by atoms with Crippen molar-refractivity contribution in [1.82, 2.24) is 0 Å². The molecule has 162 valence electrons. The number of benzene rings is 2. The maximum atomic E-state index is 10.5.